The maximum Gasteiger partial charge on any atom is 0.136 e. The van der Waals surface area contributed by atoms with Crippen molar-refractivity contribution in [2.75, 3.05) is 13.1 Å². The molecule has 2 aliphatic rings. The zero-order chi connectivity index (χ0) is 18.1. The Labute approximate surface area is 159 Å². The van der Waals surface area contributed by atoms with E-state index in [1.807, 2.05) is 6.20 Å². The topological polar surface area (TPSA) is 46.1 Å². The van der Waals surface area contributed by atoms with Crippen molar-refractivity contribution in [2.45, 2.75) is 52.0 Å². The molecule has 136 valence electrons. The van der Waals surface area contributed by atoms with Gasteiger partial charge in [0.05, 0.1) is 12.1 Å². The zero-order valence-electron chi connectivity index (χ0n) is 15.5. The molecule has 0 saturated carbocycles. The summed E-state index contributed by atoms with van der Waals surface area (Å²) in [7, 11) is 0. The fourth-order valence-corrected chi connectivity index (χ4v) is 5.19. The Morgan fingerprint density at radius 1 is 1.42 bits per heavy atom. The average Bonchev–Trinajstić information content (AvgIpc) is 3.23. The van der Waals surface area contributed by atoms with E-state index < -0.39 is 0 Å². The Kier molecular flexibility index (Phi) is 5.00. The summed E-state index contributed by atoms with van der Waals surface area (Å²) in [5.41, 5.74) is 5.24. The minimum absolute atomic E-state index is 0.180. The third-order valence-corrected chi connectivity index (χ3v) is 6.23. The van der Waals surface area contributed by atoms with Crippen LogP contribution in [0, 0.1) is 6.92 Å². The fraction of sp³-hybridized carbons (Fsp3) is 0.476. The molecule has 4 nitrogen and oxygen atoms in total. The summed E-state index contributed by atoms with van der Waals surface area (Å²) < 4.78 is 0. The number of piperidine rings is 1. The number of pyridine rings is 1. The van der Waals surface area contributed by atoms with Crippen LogP contribution in [-0.4, -0.2) is 33.7 Å². The van der Waals surface area contributed by atoms with Crippen molar-refractivity contribution >= 4 is 23.2 Å². The first kappa shape index (κ1) is 17.6. The van der Waals surface area contributed by atoms with Crippen molar-refractivity contribution in [1.82, 2.24) is 14.9 Å². The number of nitrogens with zero attached hydrogens (tertiary/aromatic N) is 3. The second kappa shape index (κ2) is 7.41. The van der Waals surface area contributed by atoms with Crippen LogP contribution < -0.4 is 0 Å². The Morgan fingerprint density at radius 3 is 3.15 bits per heavy atom. The van der Waals surface area contributed by atoms with Crippen LogP contribution in [0.3, 0.4) is 0 Å². The Bertz CT molecular complexity index is 855. The third-order valence-electron chi connectivity index (χ3n) is 5.24. The predicted molar refractivity (Wildman–Crippen MR) is 105 cm³/mol. The number of likely N-dealkylation sites (tertiary alicyclic amines) is 1. The van der Waals surface area contributed by atoms with Crippen LogP contribution >= 0.6 is 11.3 Å². The van der Waals surface area contributed by atoms with E-state index >= 15 is 0 Å². The molecule has 0 amide bonds. The van der Waals surface area contributed by atoms with Crippen LogP contribution in [-0.2, 0) is 24.2 Å². The number of carbonyl (C=O) groups excluding carboxylic acids is 1. The number of fused-ring (bicyclic) bond motifs is 1. The molecule has 1 unspecified atom stereocenters. The first-order valence-electron chi connectivity index (χ1n) is 9.41. The Hall–Kier alpha value is -1.85. The van der Waals surface area contributed by atoms with Gasteiger partial charge in [0, 0.05) is 29.9 Å². The highest BCUT2D eigenvalue weighted by atomic mass is 32.1. The van der Waals surface area contributed by atoms with Crippen LogP contribution in [0.4, 0.5) is 0 Å². The van der Waals surface area contributed by atoms with Gasteiger partial charge in [-0.25, -0.2) is 4.98 Å². The van der Waals surface area contributed by atoms with Crippen LogP contribution in [0.25, 0.3) is 6.08 Å². The molecule has 26 heavy (non-hydrogen) atoms. The number of carbonyl (C=O) groups is 1. The first-order valence-corrected chi connectivity index (χ1v) is 10.2. The standard InChI is InChI=1S/C21H25N3OS/c1-14-9-19(18-6-3-7-20(18)23-14)16-5-4-8-24(12-16)13-17-11-22-21(26-17)10-15(2)25/h3,7,9,11,16H,4-6,8,10,12-13H2,1-2H3. The van der Waals surface area contributed by atoms with E-state index in [-0.39, 0.29) is 5.78 Å². The normalized spacial score (nSPS) is 19.7. The number of aryl methyl sites for hydroxylation is 1. The van der Waals surface area contributed by atoms with Gasteiger partial charge in [-0.1, -0.05) is 6.08 Å². The number of allylic oxidation sites excluding steroid dienone is 1. The molecule has 1 fully saturated rings. The van der Waals surface area contributed by atoms with Crippen molar-refractivity contribution in [3.63, 3.8) is 0 Å². The van der Waals surface area contributed by atoms with Gasteiger partial charge in [-0.2, -0.15) is 0 Å². The SMILES string of the molecule is CC(=O)Cc1ncc(CN2CCCC(c3cc(C)nc4c3CC=C4)C2)s1. The lowest BCUT2D eigenvalue weighted by atomic mass is 9.87. The molecule has 3 heterocycles. The lowest BCUT2D eigenvalue weighted by molar-refractivity contribution is -0.116. The van der Waals surface area contributed by atoms with E-state index in [0.717, 1.165) is 36.8 Å². The van der Waals surface area contributed by atoms with E-state index in [1.54, 1.807) is 18.3 Å². The van der Waals surface area contributed by atoms with Gasteiger partial charge in [0.25, 0.3) is 0 Å². The van der Waals surface area contributed by atoms with Crippen molar-refractivity contribution in [3.8, 4) is 0 Å². The molecule has 5 heteroatoms. The summed E-state index contributed by atoms with van der Waals surface area (Å²) >= 11 is 1.68. The number of rotatable bonds is 5. The van der Waals surface area contributed by atoms with Gasteiger partial charge in [-0.3, -0.25) is 14.7 Å². The second-order valence-electron chi connectivity index (χ2n) is 7.50. The number of hydrogen-bond acceptors (Lipinski definition) is 5. The van der Waals surface area contributed by atoms with Crippen LogP contribution in [0.15, 0.2) is 18.3 Å². The molecule has 0 spiro atoms. The van der Waals surface area contributed by atoms with Gasteiger partial charge in [0.1, 0.15) is 10.8 Å². The summed E-state index contributed by atoms with van der Waals surface area (Å²) in [6.45, 7) is 6.90. The van der Waals surface area contributed by atoms with Crippen LogP contribution in [0.5, 0.6) is 0 Å². The first-order chi connectivity index (χ1) is 12.6. The summed E-state index contributed by atoms with van der Waals surface area (Å²) in [6.07, 6.45) is 10.3. The van der Waals surface area contributed by atoms with Crippen molar-refractivity contribution < 1.29 is 4.79 Å². The molecule has 1 saturated heterocycles. The van der Waals surface area contributed by atoms with Gasteiger partial charge in [-0.05, 0) is 68.8 Å². The highest BCUT2D eigenvalue weighted by Gasteiger charge is 2.26. The predicted octanol–water partition coefficient (Wildman–Crippen LogP) is 3.93. The second-order valence-corrected chi connectivity index (χ2v) is 8.70. The van der Waals surface area contributed by atoms with E-state index in [0.29, 0.717) is 12.3 Å². The lowest BCUT2D eigenvalue weighted by Crippen LogP contribution is -2.34. The summed E-state index contributed by atoms with van der Waals surface area (Å²) in [4.78, 5) is 24.2. The average molecular weight is 368 g/mol. The van der Waals surface area contributed by atoms with E-state index in [2.05, 4.69) is 40.0 Å². The Balaban J connectivity index is 1.47. The number of thiazole rings is 1. The summed E-state index contributed by atoms with van der Waals surface area (Å²) in [5.74, 6) is 0.767. The molecule has 1 aliphatic heterocycles. The molecule has 0 N–H and O–H groups in total. The minimum atomic E-state index is 0.180. The molecular formula is C21H25N3OS. The van der Waals surface area contributed by atoms with Crippen molar-refractivity contribution in [1.29, 1.82) is 0 Å². The number of aromatic nitrogens is 2. The highest BCUT2D eigenvalue weighted by Crippen LogP contribution is 2.34. The molecule has 4 rings (SSSR count). The monoisotopic (exact) mass is 367 g/mol. The largest absolute Gasteiger partial charge is 0.300 e. The van der Waals surface area contributed by atoms with Gasteiger partial charge < -0.3 is 0 Å². The molecule has 0 aromatic carbocycles. The van der Waals surface area contributed by atoms with Crippen molar-refractivity contribution in [3.05, 3.63) is 50.7 Å². The van der Waals surface area contributed by atoms with Crippen LogP contribution in [0.1, 0.15) is 58.1 Å². The maximum atomic E-state index is 11.3. The molecule has 0 radical (unpaired) electrons. The summed E-state index contributed by atoms with van der Waals surface area (Å²) in [6, 6.07) is 2.30. The third kappa shape index (κ3) is 3.79. The summed E-state index contributed by atoms with van der Waals surface area (Å²) in [5, 5.41) is 0.940. The number of Topliss-reactive ketones (excluding diaryl/α,β-unsaturated/α-hetero) is 1. The highest BCUT2D eigenvalue weighted by molar-refractivity contribution is 7.11. The Morgan fingerprint density at radius 2 is 2.31 bits per heavy atom. The zero-order valence-corrected chi connectivity index (χ0v) is 16.3. The number of hydrogen-bond donors (Lipinski definition) is 0. The molecule has 1 atom stereocenters. The molecule has 0 bridgehead atoms. The van der Waals surface area contributed by atoms with Crippen molar-refractivity contribution in [2.24, 2.45) is 0 Å². The van der Waals surface area contributed by atoms with E-state index in [4.69, 9.17) is 0 Å². The molecular weight excluding hydrogens is 342 g/mol. The van der Waals surface area contributed by atoms with Gasteiger partial charge >= 0.3 is 0 Å². The number of ketones is 1. The maximum absolute atomic E-state index is 11.3. The van der Waals surface area contributed by atoms with Crippen LogP contribution in [0.2, 0.25) is 0 Å². The fourth-order valence-electron chi connectivity index (χ4n) is 4.15. The quantitative estimate of drug-likeness (QED) is 0.803. The molecule has 2 aromatic heterocycles. The molecule has 2 aromatic rings. The van der Waals surface area contributed by atoms with Gasteiger partial charge in [0.2, 0.25) is 0 Å². The minimum Gasteiger partial charge on any atom is -0.300 e. The lowest BCUT2D eigenvalue weighted by Gasteiger charge is -2.33. The van der Waals surface area contributed by atoms with E-state index in [9.17, 15) is 4.79 Å². The van der Waals surface area contributed by atoms with Gasteiger partial charge in [0.15, 0.2) is 0 Å². The smallest absolute Gasteiger partial charge is 0.136 e. The van der Waals surface area contributed by atoms with Gasteiger partial charge in [-0.15, -0.1) is 11.3 Å². The molecule has 1 aliphatic carbocycles. The van der Waals surface area contributed by atoms with E-state index in [1.165, 1.54) is 34.5 Å².